The Hall–Kier alpha value is -2.83. The fourth-order valence-electron chi connectivity index (χ4n) is 2.27. The molecule has 2 heterocycles. The van der Waals surface area contributed by atoms with Gasteiger partial charge in [0.15, 0.2) is 6.61 Å². The van der Waals surface area contributed by atoms with Crippen molar-refractivity contribution in [1.29, 1.82) is 0 Å². The highest BCUT2D eigenvalue weighted by atomic mass is 35.5. The Kier molecular flexibility index (Phi) is 8.39. The minimum Gasteiger partial charge on any atom is -0.470 e. The van der Waals surface area contributed by atoms with Crippen molar-refractivity contribution in [2.75, 3.05) is 6.61 Å². The van der Waals surface area contributed by atoms with Gasteiger partial charge in [0.2, 0.25) is 5.88 Å². The highest BCUT2D eigenvalue weighted by Crippen LogP contribution is 2.35. The Balaban J connectivity index is 1.68. The van der Waals surface area contributed by atoms with Crippen molar-refractivity contribution in [3.8, 4) is 17.4 Å². The van der Waals surface area contributed by atoms with E-state index in [0.29, 0.717) is 4.90 Å². The van der Waals surface area contributed by atoms with E-state index in [0.717, 1.165) is 36.3 Å². The number of hydrogen-bond donors (Lipinski definition) is 1. The van der Waals surface area contributed by atoms with Crippen molar-refractivity contribution >= 4 is 41.1 Å². The minimum atomic E-state index is -4.39. The average Bonchev–Trinajstić information content (AvgIpc) is 2.79. The smallest absolute Gasteiger partial charge is 0.340 e. The van der Waals surface area contributed by atoms with Gasteiger partial charge in [-0.3, -0.25) is 14.5 Å². The molecule has 3 rings (SSSR count). The minimum absolute atomic E-state index is 0.0939. The Labute approximate surface area is 203 Å². The molecule has 1 N–H and O–H groups in total. The number of amides is 1. The lowest BCUT2D eigenvalue weighted by molar-refractivity contribution is -0.148. The van der Waals surface area contributed by atoms with E-state index in [4.69, 9.17) is 27.9 Å². The van der Waals surface area contributed by atoms with Gasteiger partial charge in [-0.2, -0.15) is 8.78 Å². The summed E-state index contributed by atoms with van der Waals surface area (Å²) in [6, 6.07) is 6.33. The quantitative estimate of drug-likeness (QED) is 0.249. The number of benzene rings is 1. The molecule has 1 aromatic carbocycles. The monoisotopic (exact) mass is 539 g/mol. The van der Waals surface area contributed by atoms with Gasteiger partial charge in [0.05, 0.1) is 16.8 Å². The lowest BCUT2D eigenvalue weighted by atomic mass is 10.2. The van der Waals surface area contributed by atoms with Crippen molar-refractivity contribution in [2.24, 2.45) is 0 Å². The number of carbonyl (C=O) groups excluding carboxylic acids is 1. The third-order valence-electron chi connectivity index (χ3n) is 3.89. The van der Waals surface area contributed by atoms with Crippen LogP contribution in [0.5, 0.6) is 17.4 Å². The molecule has 0 spiro atoms. The summed E-state index contributed by atoms with van der Waals surface area (Å²) in [4.78, 5) is 20.4. The van der Waals surface area contributed by atoms with Gasteiger partial charge in [-0.1, -0.05) is 23.2 Å². The summed E-state index contributed by atoms with van der Waals surface area (Å²) < 4.78 is 77.3. The molecule has 0 unspecified atom stereocenters. The molecule has 0 aliphatic rings. The second-order valence-corrected chi connectivity index (χ2v) is 8.09. The lowest BCUT2D eigenvalue weighted by Crippen LogP contribution is -2.33. The molecular formula is C20H12Cl2F5N3O3S. The van der Waals surface area contributed by atoms with Crippen molar-refractivity contribution in [2.45, 2.75) is 17.2 Å². The first-order chi connectivity index (χ1) is 16.1. The molecule has 0 saturated carbocycles. The molecule has 180 valence electrons. The highest BCUT2D eigenvalue weighted by Gasteiger charge is 2.42. The topological polar surface area (TPSA) is 73.3 Å². The zero-order chi connectivity index (χ0) is 24.9. The molecule has 0 fully saturated rings. The number of rotatable bonds is 9. The second kappa shape index (κ2) is 11.1. The van der Waals surface area contributed by atoms with E-state index in [-0.39, 0.29) is 27.1 Å². The van der Waals surface area contributed by atoms with Crippen LogP contribution in [0.15, 0.2) is 53.8 Å². The Morgan fingerprint density at radius 1 is 1.18 bits per heavy atom. The normalized spacial score (nSPS) is 11.4. The number of alkyl halides is 4. The molecule has 0 radical (unpaired) electrons. The molecule has 3 aromatic rings. The summed E-state index contributed by atoms with van der Waals surface area (Å²) in [5.74, 6) is -6.93. The molecule has 0 saturated heterocycles. The number of hydrogen-bond acceptors (Lipinski definition) is 6. The number of ether oxygens (including phenoxy) is 2. The van der Waals surface area contributed by atoms with Crippen LogP contribution in [-0.2, 0) is 0 Å². The van der Waals surface area contributed by atoms with Crippen molar-refractivity contribution < 1.29 is 36.2 Å². The third-order valence-corrected chi connectivity index (χ3v) is 5.22. The molecule has 1 amide bonds. The molecule has 0 aliphatic heterocycles. The maximum atomic E-state index is 14.5. The van der Waals surface area contributed by atoms with Crippen LogP contribution < -0.4 is 14.2 Å². The SMILES string of the molecule is O=C(NSc1cccnc1)c1cc(Cl)c(Oc2cnc(OCC(F)(F)C(F)F)c(Cl)c2)cc1F. The number of pyridine rings is 2. The maximum absolute atomic E-state index is 14.5. The molecule has 0 aliphatic carbocycles. The van der Waals surface area contributed by atoms with E-state index < -0.39 is 36.6 Å². The van der Waals surface area contributed by atoms with Crippen LogP contribution in [0.1, 0.15) is 10.4 Å². The van der Waals surface area contributed by atoms with E-state index >= 15 is 0 Å². The zero-order valence-corrected chi connectivity index (χ0v) is 18.9. The summed E-state index contributed by atoms with van der Waals surface area (Å²) in [5.41, 5.74) is -0.353. The Morgan fingerprint density at radius 3 is 2.59 bits per heavy atom. The summed E-state index contributed by atoms with van der Waals surface area (Å²) >= 11 is 12.9. The van der Waals surface area contributed by atoms with Crippen LogP contribution in [0.2, 0.25) is 10.0 Å². The molecule has 0 atom stereocenters. The van der Waals surface area contributed by atoms with E-state index in [1.807, 2.05) is 0 Å². The molecule has 34 heavy (non-hydrogen) atoms. The predicted octanol–water partition coefficient (Wildman–Crippen LogP) is 6.43. The first-order valence-electron chi connectivity index (χ1n) is 9.05. The Morgan fingerprint density at radius 2 is 1.94 bits per heavy atom. The van der Waals surface area contributed by atoms with Gasteiger partial charge in [0.25, 0.3) is 5.91 Å². The van der Waals surface area contributed by atoms with Gasteiger partial charge in [0, 0.05) is 29.4 Å². The largest absolute Gasteiger partial charge is 0.470 e. The van der Waals surface area contributed by atoms with Crippen molar-refractivity contribution in [3.05, 3.63) is 70.3 Å². The lowest BCUT2D eigenvalue weighted by Gasteiger charge is -2.16. The van der Waals surface area contributed by atoms with Gasteiger partial charge in [-0.15, -0.1) is 0 Å². The van der Waals surface area contributed by atoms with Crippen LogP contribution in [0.25, 0.3) is 0 Å². The van der Waals surface area contributed by atoms with Crippen LogP contribution in [0.3, 0.4) is 0 Å². The molecular weight excluding hydrogens is 528 g/mol. The number of nitrogens with zero attached hydrogens (tertiary/aromatic N) is 2. The summed E-state index contributed by atoms with van der Waals surface area (Å²) in [5, 5.41) is -0.464. The van der Waals surface area contributed by atoms with Gasteiger partial charge < -0.3 is 9.47 Å². The van der Waals surface area contributed by atoms with Gasteiger partial charge in [-0.25, -0.2) is 18.2 Å². The molecule has 0 bridgehead atoms. The molecule has 6 nitrogen and oxygen atoms in total. The van der Waals surface area contributed by atoms with E-state index in [1.54, 1.807) is 18.3 Å². The fraction of sp³-hybridized carbons (Fsp3) is 0.150. The van der Waals surface area contributed by atoms with E-state index in [9.17, 15) is 26.7 Å². The average molecular weight is 540 g/mol. The van der Waals surface area contributed by atoms with Crippen molar-refractivity contribution in [1.82, 2.24) is 14.7 Å². The maximum Gasteiger partial charge on any atom is 0.340 e. The van der Waals surface area contributed by atoms with Gasteiger partial charge in [0.1, 0.15) is 22.3 Å². The second-order valence-electron chi connectivity index (χ2n) is 6.39. The van der Waals surface area contributed by atoms with Crippen LogP contribution >= 0.6 is 35.1 Å². The fourth-order valence-corrected chi connectivity index (χ4v) is 3.27. The first-order valence-corrected chi connectivity index (χ1v) is 10.6. The summed E-state index contributed by atoms with van der Waals surface area (Å²) in [7, 11) is 0. The number of aromatic nitrogens is 2. The van der Waals surface area contributed by atoms with Crippen LogP contribution in [-0.4, -0.2) is 34.8 Å². The number of halogens is 7. The number of nitrogens with one attached hydrogen (secondary N) is 1. The van der Waals surface area contributed by atoms with E-state index in [2.05, 4.69) is 19.4 Å². The van der Waals surface area contributed by atoms with E-state index in [1.165, 1.54) is 6.20 Å². The summed E-state index contributed by atoms with van der Waals surface area (Å²) in [6.45, 7) is -1.64. The van der Waals surface area contributed by atoms with Crippen molar-refractivity contribution in [3.63, 3.8) is 0 Å². The zero-order valence-electron chi connectivity index (χ0n) is 16.6. The van der Waals surface area contributed by atoms with Crippen LogP contribution in [0, 0.1) is 5.82 Å². The molecule has 14 heteroatoms. The predicted molar refractivity (Wildman–Crippen MR) is 115 cm³/mol. The highest BCUT2D eigenvalue weighted by molar-refractivity contribution is 7.98. The van der Waals surface area contributed by atoms with Gasteiger partial charge in [-0.05, 0) is 30.1 Å². The third kappa shape index (κ3) is 6.61. The van der Waals surface area contributed by atoms with Gasteiger partial charge >= 0.3 is 12.3 Å². The molecule has 2 aromatic heterocycles. The standard InChI is InChI=1S/C20H12Cl2F5N3O3S/c21-13-5-12(17(31)30-34-11-2-1-3-28-8-11)15(23)6-16(13)33-10-4-14(22)18(29-7-10)32-9-20(26,27)19(24)25/h1-8,19H,9H2,(H,30,31). The first kappa shape index (κ1) is 25.8. The Bertz CT molecular complexity index is 1180. The number of carbonyl (C=O) groups is 1. The van der Waals surface area contributed by atoms with Crippen LogP contribution in [0.4, 0.5) is 22.0 Å². The summed E-state index contributed by atoms with van der Waals surface area (Å²) in [6.07, 6.45) is 0.107.